The van der Waals surface area contributed by atoms with Crippen LogP contribution in [-0.2, 0) is 44.5 Å². The van der Waals surface area contributed by atoms with Crippen LogP contribution in [0.4, 0.5) is 0 Å². The molecule has 2 heterocycles. The van der Waals surface area contributed by atoms with Crippen molar-refractivity contribution >= 4 is 29.5 Å². The zero-order chi connectivity index (χ0) is 27.4. The predicted molar refractivity (Wildman–Crippen MR) is 133 cm³/mol. The highest BCUT2D eigenvalue weighted by Crippen LogP contribution is 2.39. The van der Waals surface area contributed by atoms with Gasteiger partial charge >= 0.3 is 17.9 Å². The topological polar surface area (TPSA) is 116 Å². The average molecular weight is 549 g/mol. The molecule has 1 fully saturated rings. The third-order valence-corrected chi connectivity index (χ3v) is 6.40. The first-order valence-corrected chi connectivity index (χ1v) is 12.4. The van der Waals surface area contributed by atoms with Crippen molar-refractivity contribution in [2.45, 2.75) is 57.9 Å². The number of benzene rings is 2. The van der Waals surface area contributed by atoms with Crippen LogP contribution < -0.4 is 9.47 Å². The van der Waals surface area contributed by atoms with Crippen molar-refractivity contribution in [1.29, 1.82) is 0 Å². The standard InChI is InChI=1S/C27H29ClO10/c1-14(29)35-24-23(38-27(32-4)26(37-16(3)31)25(24)36-15(2)30)18-6-7-20(28)19(13-18)11-17-5-8-21-22(12-17)34-10-9-33-21/h5-8,12-13,23-27H,9-11H2,1-4H3/t23-,24-,25+,26-,27-/m0/s1. The maximum Gasteiger partial charge on any atom is 0.303 e. The molecule has 0 aromatic heterocycles. The van der Waals surface area contributed by atoms with E-state index in [4.69, 9.17) is 44.8 Å². The minimum atomic E-state index is -1.19. The maximum absolute atomic E-state index is 12.1. The van der Waals surface area contributed by atoms with Crippen molar-refractivity contribution in [3.8, 4) is 11.5 Å². The van der Waals surface area contributed by atoms with Gasteiger partial charge in [-0.05, 0) is 41.3 Å². The van der Waals surface area contributed by atoms with Crippen LogP contribution in [0.3, 0.4) is 0 Å². The van der Waals surface area contributed by atoms with E-state index in [-0.39, 0.29) is 0 Å². The Bertz CT molecular complexity index is 1200. The van der Waals surface area contributed by atoms with Crippen molar-refractivity contribution in [2.75, 3.05) is 20.3 Å². The zero-order valence-corrected chi connectivity index (χ0v) is 22.2. The molecule has 0 aliphatic carbocycles. The van der Waals surface area contributed by atoms with Crippen molar-refractivity contribution in [3.05, 3.63) is 58.1 Å². The van der Waals surface area contributed by atoms with Gasteiger partial charge in [0, 0.05) is 32.9 Å². The van der Waals surface area contributed by atoms with Crippen LogP contribution in [0.25, 0.3) is 0 Å². The second kappa shape index (κ2) is 12.0. The van der Waals surface area contributed by atoms with Crippen molar-refractivity contribution in [3.63, 3.8) is 0 Å². The minimum absolute atomic E-state index is 0.464. The van der Waals surface area contributed by atoms with Crippen molar-refractivity contribution < 1.29 is 47.5 Å². The van der Waals surface area contributed by atoms with Gasteiger partial charge in [0.1, 0.15) is 19.3 Å². The second-order valence-electron chi connectivity index (χ2n) is 8.89. The Balaban J connectivity index is 1.69. The van der Waals surface area contributed by atoms with E-state index in [9.17, 15) is 14.4 Å². The first-order valence-electron chi connectivity index (χ1n) is 12.0. The molecule has 0 unspecified atom stereocenters. The van der Waals surface area contributed by atoms with Crippen LogP contribution in [-0.4, -0.2) is 62.8 Å². The lowest BCUT2D eigenvalue weighted by Gasteiger charge is -2.44. The fourth-order valence-corrected chi connectivity index (χ4v) is 4.74. The Morgan fingerprint density at radius 1 is 0.842 bits per heavy atom. The summed E-state index contributed by atoms with van der Waals surface area (Å²) >= 11 is 6.55. The molecular formula is C27H29ClO10. The van der Waals surface area contributed by atoms with Crippen LogP contribution in [0.15, 0.2) is 36.4 Å². The van der Waals surface area contributed by atoms with E-state index in [2.05, 4.69) is 0 Å². The van der Waals surface area contributed by atoms with E-state index in [1.54, 1.807) is 12.1 Å². The number of ether oxygens (including phenoxy) is 7. The fraction of sp³-hybridized carbons (Fsp3) is 0.444. The highest BCUT2D eigenvalue weighted by molar-refractivity contribution is 6.31. The van der Waals surface area contributed by atoms with Gasteiger partial charge in [-0.2, -0.15) is 0 Å². The van der Waals surface area contributed by atoms with E-state index < -0.39 is 48.6 Å². The molecule has 2 aliphatic heterocycles. The monoisotopic (exact) mass is 548 g/mol. The molecule has 0 saturated carbocycles. The third-order valence-electron chi connectivity index (χ3n) is 6.03. The molecule has 5 atom stereocenters. The van der Waals surface area contributed by atoms with Crippen LogP contribution in [0.2, 0.25) is 5.02 Å². The molecule has 2 aliphatic rings. The molecule has 4 rings (SSSR count). The van der Waals surface area contributed by atoms with E-state index in [0.29, 0.717) is 41.7 Å². The van der Waals surface area contributed by atoms with Gasteiger partial charge in [-0.3, -0.25) is 14.4 Å². The summed E-state index contributed by atoms with van der Waals surface area (Å²) in [5.41, 5.74) is 2.30. The smallest absolute Gasteiger partial charge is 0.303 e. The molecule has 0 spiro atoms. The lowest BCUT2D eigenvalue weighted by Crippen LogP contribution is -2.58. The minimum Gasteiger partial charge on any atom is -0.486 e. The van der Waals surface area contributed by atoms with Gasteiger partial charge < -0.3 is 33.2 Å². The van der Waals surface area contributed by atoms with E-state index in [1.165, 1.54) is 27.9 Å². The van der Waals surface area contributed by atoms with Crippen molar-refractivity contribution in [1.82, 2.24) is 0 Å². The van der Waals surface area contributed by atoms with Gasteiger partial charge in [-0.1, -0.05) is 29.8 Å². The van der Waals surface area contributed by atoms with Crippen LogP contribution in [0, 0.1) is 0 Å². The third kappa shape index (κ3) is 6.38. The van der Waals surface area contributed by atoms with Crippen molar-refractivity contribution in [2.24, 2.45) is 0 Å². The summed E-state index contributed by atoms with van der Waals surface area (Å²) in [6, 6.07) is 10.9. The lowest BCUT2D eigenvalue weighted by atomic mass is 9.91. The number of hydrogen-bond acceptors (Lipinski definition) is 10. The number of esters is 3. The van der Waals surface area contributed by atoms with Gasteiger partial charge in [-0.25, -0.2) is 0 Å². The molecule has 0 amide bonds. The van der Waals surface area contributed by atoms with Gasteiger partial charge in [0.15, 0.2) is 36.1 Å². The SMILES string of the molecule is CO[C@H]1O[C@@H](c2ccc(Cl)c(Cc3ccc4c(c3)OCCO4)c2)[C@H](OC(C)=O)[C@@H](OC(C)=O)[C@@H]1OC(C)=O. The van der Waals surface area contributed by atoms with Crippen LogP contribution >= 0.6 is 11.6 Å². The second-order valence-corrected chi connectivity index (χ2v) is 9.30. The highest BCUT2D eigenvalue weighted by atomic mass is 35.5. The number of carbonyl (C=O) groups excluding carboxylic acids is 3. The number of rotatable bonds is 7. The Labute approximate surface area is 225 Å². The molecule has 2 aromatic carbocycles. The van der Waals surface area contributed by atoms with Crippen LogP contribution in [0.1, 0.15) is 43.6 Å². The van der Waals surface area contributed by atoms with Gasteiger partial charge in [0.2, 0.25) is 0 Å². The number of carbonyl (C=O) groups is 3. The molecule has 0 bridgehead atoms. The maximum atomic E-state index is 12.1. The molecule has 2 aromatic rings. The Kier molecular flexibility index (Phi) is 8.76. The highest BCUT2D eigenvalue weighted by Gasteiger charge is 2.52. The number of fused-ring (bicyclic) bond motifs is 1. The number of halogens is 1. The predicted octanol–water partition coefficient (Wildman–Crippen LogP) is 3.54. The quantitative estimate of drug-likeness (QED) is 0.376. The Hall–Kier alpha value is -3.34. The largest absolute Gasteiger partial charge is 0.486 e. The average Bonchev–Trinajstić information content (AvgIpc) is 2.86. The summed E-state index contributed by atoms with van der Waals surface area (Å²) in [4.78, 5) is 35.9. The van der Waals surface area contributed by atoms with Gasteiger partial charge in [0.25, 0.3) is 0 Å². The van der Waals surface area contributed by atoms with E-state index in [1.807, 2.05) is 24.3 Å². The molecule has 0 radical (unpaired) electrons. The molecule has 0 N–H and O–H groups in total. The fourth-order valence-electron chi connectivity index (χ4n) is 4.56. The van der Waals surface area contributed by atoms with Gasteiger partial charge in [-0.15, -0.1) is 0 Å². The first kappa shape index (κ1) is 27.7. The summed E-state index contributed by atoms with van der Waals surface area (Å²) in [6.07, 6.45) is -5.10. The normalized spacial score (nSPS) is 24.3. The molecule has 1 saturated heterocycles. The Morgan fingerprint density at radius 2 is 1.47 bits per heavy atom. The molecule has 11 heteroatoms. The van der Waals surface area contributed by atoms with E-state index in [0.717, 1.165) is 11.1 Å². The number of hydrogen-bond donors (Lipinski definition) is 0. The summed E-state index contributed by atoms with van der Waals surface area (Å²) < 4.78 is 39.3. The summed E-state index contributed by atoms with van der Waals surface area (Å²) in [7, 11) is 1.37. The summed E-state index contributed by atoms with van der Waals surface area (Å²) in [5, 5.41) is 0.515. The molecule has 38 heavy (non-hydrogen) atoms. The molecule has 10 nitrogen and oxygen atoms in total. The first-order chi connectivity index (χ1) is 18.2. The molecular weight excluding hydrogens is 520 g/mol. The summed E-state index contributed by atoms with van der Waals surface area (Å²) in [6.45, 7) is 4.60. The summed E-state index contributed by atoms with van der Waals surface area (Å²) in [5.74, 6) is -0.593. The van der Waals surface area contributed by atoms with Crippen LogP contribution in [0.5, 0.6) is 11.5 Å². The molecule has 204 valence electrons. The van der Waals surface area contributed by atoms with E-state index >= 15 is 0 Å². The lowest BCUT2D eigenvalue weighted by molar-refractivity contribution is -0.300. The Morgan fingerprint density at radius 3 is 2.13 bits per heavy atom. The number of methoxy groups -OCH3 is 1. The zero-order valence-electron chi connectivity index (χ0n) is 21.4. The van der Waals surface area contributed by atoms with Gasteiger partial charge in [0.05, 0.1) is 0 Å².